The molecule has 0 saturated carbocycles. The van der Waals surface area contributed by atoms with Crippen molar-refractivity contribution in [3.63, 3.8) is 0 Å². The van der Waals surface area contributed by atoms with Gasteiger partial charge < -0.3 is 5.73 Å². The van der Waals surface area contributed by atoms with Crippen LogP contribution < -0.4 is 5.73 Å². The Hall–Kier alpha value is -2.80. The number of pyridine rings is 1. The van der Waals surface area contributed by atoms with E-state index < -0.39 is 0 Å². The Kier molecular flexibility index (Phi) is 3.33. The summed E-state index contributed by atoms with van der Waals surface area (Å²) in [6.07, 6.45) is 1.49. The first kappa shape index (κ1) is 13.2. The van der Waals surface area contributed by atoms with E-state index in [1.807, 2.05) is 30.3 Å². The highest BCUT2D eigenvalue weighted by Crippen LogP contribution is 2.21. The average Bonchev–Trinajstić information content (AvgIpc) is 2.98. The second-order valence-corrected chi connectivity index (χ2v) is 4.56. The van der Waals surface area contributed by atoms with Crippen LogP contribution >= 0.6 is 11.6 Å². The van der Waals surface area contributed by atoms with Gasteiger partial charge in [0.2, 0.25) is 5.82 Å². The number of nitrogens with two attached hydrogens (primary N) is 1. The zero-order chi connectivity index (χ0) is 14.8. The summed E-state index contributed by atoms with van der Waals surface area (Å²) in [7, 11) is 0. The number of halogens is 1. The van der Waals surface area contributed by atoms with Crippen LogP contribution in [0.2, 0.25) is 5.02 Å². The SMILES string of the molecule is N=C(N)c1ccnc(-n2nnc(-c3ccccc3)n2)c1Cl. The predicted octanol–water partition coefficient (Wildman–Crippen LogP) is 1.66. The third-order valence-electron chi connectivity index (χ3n) is 2.80. The number of rotatable bonds is 3. The molecule has 0 bridgehead atoms. The van der Waals surface area contributed by atoms with Gasteiger partial charge in [-0.2, -0.15) is 0 Å². The largest absolute Gasteiger partial charge is 0.384 e. The third kappa shape index (κ3) is 2.46. The summed E-state index contributed by atoms with van der Waals surface area (Å²) in [5.74, 6) is 0.591. The van der Waals surface area contributed by atoms with Gasteiger partial charge in [-0.15, -0.1) is 15.0 Å². The number of nitrogens with one attached hydrogen (secondary N) is 1. The topological polar surface area (TPSA) is 106 Å². The van der Waals surface area contributed by atoms with Crippen molar-refractivity contribution >= 4 is 17.4 Å². The van der Waals surface area contributed by atoms with Gasteiger partial charge in [-0.1, -0.05) is 41.9 Å². The Morgan fingerprint density at radius 2 is 1.95 bits per heavy atom. The van der Waals surface area contributed by atoms with Crippen LogP contribution in [-0.4, -0.2) is 31.0 Å². The van der Waals surface area contributed by atoms with Gasteiger partial charge >= 0.3 is 0 Å². The lowest BCUT2D eigenvalue weighted by atomic mass is 10.2. The molecule has 0 aliphatic carbocycles. The normalized spacial score (nSPS) is 10.5. The van der Waals surface area contributed by atoms with Crippen molar-refractivity contribution in [1.29, 1.82) is 5.41 Å². The first-order valence-electron chi connectivity index (χ1n) is 6.01. The molecule has 3 N–H and O–H groups in total. The van der Waals surface area contributed by atoms with Gasteiger partial charge in [-0.25, -0.2) is 4.98 Å². The van der Waals surface area contributed by atoms with E-state index in [9.17, 15) is 0 Å². The maximum atomic E-state index is 7.47. The number of aromatic nitrogens is 5. The molecule has 3 aromatic rings. The molecule has 0 saturated heterocycles. The highest BCUT2D eigenvalue weighted by atomic mass is 35.5. The first-order valence-corrected chi connectivity index (χ1v) is 6.39. The molecule has 7 nitrogen and oxygen atoms in total. The Morgan fingerprint density at radius 3 is 2.67 bits per heavy atom. The average molecular weight is 300 g/mol. The first-order chi connectivity index (χ1) is 10.2. The molecule has 21 heavy (non-hydrogen) atoms. The number of nitrogen functional groups attached to an aromatic ring is 1. The van der Waals surface area contributed by atoms with Crippen molar-refractivity contribution in [3.05, 3.63) is 53.2 Å². The Bertz CT molecular complexity index is 797. The summed E-state index contributed by atoms with van der Waals surface area (Å²) in [5, 5.41) is 19.9. The minimum absolute atomic E-state index is 0.146. The van der Waals surface area contributed by atoms with Crippen LogP contribution in [0.4, 0.5) is 0 Å². The lowest BCUT2D eigenvalue weighted by Gasteiger charge is -2.05. The van der Waals surface area contributed by atoms with Crippen molar-refractivity contribution in [3.8, 4) is 17.2 Å². The minimum atomic E-state index is -0.146. The smallest absolute Gasteiger partial charge is 0.205 e. The number of amidine groups is 1. The summed E-state index contributed by atoms with van der Waals surface area (Å²) in [6, 6.07) is 11.0. The minimum Gasteiger partial charge on any atom is -0.384 e. The van der Waals surface area contributed by atoms with E-state index in [0.29, 0.717) is 11.4 Å². The molecule has 0 atom stereocenters. The molecule has 0 fully saturated rings. The second-order valence-electron chi connectivity index (χ2n) is 4.18. The molecule has 0 unspecified atom stereocenters. The lowest BCUT2D eigenvalue weighted by molar-refractivity contribution is 0.700. The monoisotopic (exact) mass is 299 g/mol. The Labute approximate surface area is 124 Å². The number of benzene rings is 1. The fourth-order valence-electron chi connectivity index (χ4n) is 1.79. The molecule has 0 spiro atoms. The van der Waals surface area contributed by atoms with Gasteiger partial charge in [-0.3, -0.25) is 5.41 Å². The van der Waals surface area contributed by atoms with E-state index in [1.54, 1.807) is 6.07 Å². The zero-order valence-electron chi connectivity index (χ0n) is 10.7. The van der Waals surface area contributed by atoms with Crippen LogP contribution in [0.25, 0.3) is 17.2 Å². The van der Waals surface area contributed by atoms with E-state index in [2.05, 4.69) is 20.4 Å². The van der Waals surface area contributed by atoms with E-state index >= 15 is 0 Å². The predicted molar refractivity (Wildman–Crippen MR) is 78.4 cm³/mol. The summed E-state index contributed by atoms with van der Waals surface area (Å²) >= 11 is 6.18. The molecular weight excluding hydrogens is 290 g/mol. The van der Waals surface area contributed by atoms with Crippen molar-refractivity contribution in [1.82, 2.24) is 25.2 Å². The molecule has 0 aliphatic rings. The third-order valence-corrected chi connectivity index (χ3v) is 3.17. The number of hydrogen-bond acceptors (Lipinski definition) is 5. The van der Waals surface area contributed by atoms with Gasteiger partial charge in [0.1, 0.15) is 5.84 Å². The van der Waals surface area contributed by atoms with Crippen LogP contribution in [0.3, 0.4) is 0 Å². The molecule has 0 radical (unpaired) electrons. The van der Waals surface area contributed by atoms with E-state index in [1.165, 1.54) is 11.0 Å². The van der Waals surface area contributed by atoms with E-state index in [4.69, 9.17) is 22.7 Å². The Morgan fingerprint density at radius 1 is 1.19 bits per heavy atom. The molecule has 2 heterocycles. The molecule has 0 aliphatic heterocycles. The molecule has 8 heteroatoms. The van der Waals surface area contributed by atoms with Gasteiger partial charge in [0.25, 0.3) is 0 Å². The number of nitrogens with zero attached hydrogens (tertiary/aromatic N) is 5. The fourth-order valence-corrected chi connectivity index (χ4v) is 2.08. The number of tetrazole rings is 1. The molecule has 0 amide bonds. The Balaban J connectivity index is 2.05. The fraction of sp³-hybridized carbons (Fsp3) is 0. The molecule has 1 aromatic carbocycles. The van der Waals surface area contributed by atoms with E-state index in [-0.39, 0.29) is 16.7 Å². The highest BCUT2D eigenvalue weighted by Gasteiger charge is 2.14. The maximum absolute atomic E-state index is 7.47. The van der Waals surface area contributed by atoms with Crippen molar-refractivity contribution in [2.45, 2.75) is 0 Å². The van der Waals surface area contributed by atoms with Crippen LogP contribution in [-0.2, 0) is 0 Å². The summed E-state index contributed by atoms with van der Waals surface area (Å²) in [5.41, 5.74) is 6.67. The van der Waals surface area contributed by atoms with Crippen LogP contribution in [0, 0.1) is 5.41 Å². The number of hydrogen-bond donors (Lipinski definition) is 2. The maximum Gasteiger partial charge on any atom is 0.205 e. The van der Waals surface area contributed by atoms with Crippen LogP contribution in [0.5, 0.6) is 0 Å². The standard InChI is InChI=1S/C13H10ClN7/c14-10-9(11(15)16)6-7-17-13(10)21-19-12(18-20-21)8-4-2-1-3-5-8/h1-7H,(H3,15,16). The van der Waals surface area contributed by atoms with Gasteiger partial charge in [-0.05, 0) is 11.3 Å². The lowest BCUT2D eigenvalue weighted by Crippen LogP contribution is -2.14. The summed E-state index contributed by atoms with van der Waals surface area (Å²) in [6.45, 7) is 0. The summed E-state index contributed by atoms with van der Waals surface area (Å²) in [4.78, 5) is 5.33. The summed E-state index contributed by atoms with van der Waals surface area (Å²) < 4.78 is 0. The highest BCUT2D eigenvalue weighted by molar-refractivity contribution is 6.35. The van der Waals surface area contributed by atoms with Gasteiger partial charge in [0.05, 0.1) is 5.02 Å². The molecular formula is C13H10ClN7. The van der Waals surface area contributed by atoms with Gasteiger partial charge in [0, 0.05) is 17.3 Å². The molecule has 3 rings (SSSR count). The zero-order valence-corrected chi connectivity index (χ0v) is 11.5. The van der Waals surface area contributed by atoms with Crippen molar-refractivity contribution in [2.24, 2.45) is 5.73 Å². The van der Waals surface area contributed by atoms with E-state index in [0.717, 1.165) is 5.56 Å². The second kappa shape index (κ2) is 5.29. The van der Waals surface area contributed by atoms with Crippen molar-refractivity contribution < 1.29 is 0 Å². The van der Waals surface area contributed by atoms with Crippen LogP contribution in [0.1, 0.15) is 5.56 Å². The van der Waals surface area contributed by atoms with Gasteiger partial charge in [0.15, 0.2) is 5.82 Å². The van der Waals surface area contributed by atoms with Crippen molar-refractivity contribution in [2.75, 3.05) is 0 Å². The van der Waals surface area contributed by atoms with Crippen LogP contribution in [0.15, 0.2) is 42.6 Å². The quantitative estimate of drug-likeness (QED) is 0.565. The molecule has 2 aromatic heterocycles. The molecule has 104 valence electrons.